The second-order valence-electron chi connectivity index (χ2n) is 4.27. The normalized spacial score (nSPS) is 11.8. The van der Waals surface area contributed by atoms with Crippen molar-refractivity contribution in [2.24, 2.45) is 5.73 Å². The van der Waals surface area contributed by atoms with Crippen LogP contribution in [0.3, 0.4) is 0 Å². The highest BCUT2D eigenvalue weighted by Crippen LogP contribution is 2.16. The number of nitriles is 1. The Labute approximate surface area is 124 Å². The molecule has 0 bridgehead atoms. The molecule has 0 spiro atoms. The minimum absolute atomic E-state index is 0.0152. The fourth-order valence-electron chi connectivity index (χ4n) is 1.71. The molecule has 106 valence electrons. The zero-order valence-electron chi connectivity index (χ0n) is 11.2. The highest BCUT2D eigenvalue weighted by molar-refractivity contribution is 7.99. The van der Waals surface area contributed by atoms with Crippen LogP contribution in [0.1, 0.15) is 6.92 Å². The Kier molecular flexibility index (Phi) is 4.40. The number of carbonyl (C=O) groups is 1. The van der Waals surface area contributed by atoms with Crippen molar-refractivity contribution in [3.05, 3.63) is 45.9 Å². The van der Waals surface area contributed by atoms with Gasteiger partial charge in [0, 0.05) is 5.70 Å². The van der Waals surface area contributed by atoms with Crippen LogP contribution in [0.2, 0.25) is 0 Å². The van der Waals surface area contributed by atoms with E-state index in [1.54, 1.807) is 30.3 Å². The number of fused-ring (bicyclic) bond motifs is 1. The second-order valence-corrected chi connectivity index (χ2v) is 5.23. The third-order valence-corrected chi connectivity index (χ3v) is 3.59. The van der Waals surface area contributed by atoms with E-state index >= 15 is 0 Å². The molecule has 6 nitrogen and oxygen atoms in total. The number of rotatable bonds is 4. The predicted octanol–water partition coefficient (Wildman–Crippen LogP) is 1.34. The molecule has 0 unspecified atom stereocenters. The van der Waals surface area contributed by atoms with Crippen LogP contribution in [0.15, 0.2) is 45.5 Å². The Bertz CT molecular complexity index is 829. The summed E-state index contributed by atoms with van der Waals surface area (Å²) < 4.78 is 0. The number of H-pyrrole nitrogens is 1. The molecular weight excluding hydrogens is 288 g/mol. The molecule has 7 heteroatoms. The number of thioether (sulfide) groups is 1. The number of carbonyl (C=O) groups excluding carboxylic acids is 1. The number of allylic oxidation sites excluding steroid dienone is 2. The lowest BCUT2D eigenvalue weighted by Crippen LogP contribution is -2.12. The SMILES string of the molecule is CC(N)=C(C#N)C(=O)CSc1nc2ccccc2c(=O)[nH]1. The summed E-state index contributed by atoms with van der Waals surface area (Å²) in [5, 5.41) is 9.68. The number of aromatic nitrogens is 2. The fourth-order valence-corrected chi connectivity index (χ4v) is 2.45. The van der Waals surface area contributed by atoms with Gasteiger partial charge in [-0.05, 0) is 19.1 Å². The van der Waals surface area contributed by atoms with Crippen LogP contribution in [-0.2, 0) is 4.79 Å². The van der Waals surface area contributed by atoms with Crippen molar-refractivity contribution >= 4 is 28.4 Å². The highest BCUT2D eigenvalue weighted by atomic mass is 32.2. The number of hydrogen-bond donors (Lipinski definition) is 2. The van der Waals surface area contributed by atoms with Crippen molar-refractivity contribution < 1.29 is 4.79 Å². The molecule has 1 heterocycles. The van der Waals surface area contributed by atoms with Crippen LogP contribution < -0.4 is 11.3 Å². The van der Waals surface area contributed by atoms with Gasteiger partial charge in [-0.15, -0.1) is 0 Å². The van der Waals surface area contributed by atoms with Crippen molar-refractivity contribution in [2.75, 3.05) is 5.75 Å². The molecule has 0 aliphatic heterocycles. The molecule has 0 amide bonds. The quantitative estimate of drug-likeness (QED) is 0.381. The molecule has 1 aromatic heterocycles. The van der Waals surface area contributed by atoms with E-state index in [1.165, 1.54) is 6.92 Å². The van der Waals surface area contributed by atoms with Gasteiger partial charge in [0.25, 0.3) is 5.56 Å². The molecule has 0 saturated carbocycles. The standard InChI is InChI=1S/C14H12N4O2S/c1-8(16)10(6-15)12(19)7-21-14-17-11-5-3-2-4-9(11)13(20)18-14/h2-5H,7,16H2,1H3,(H,17,18,20). The van der Waals surface area contributed by atoms with Gasteiger partial charge in [0.1, 0.15) is 11.6 Å². The van der Waals surface area contributed by atoms with Crippen LogP contribution in [0, 0.1) is 11.3 Å². The van der Waals surface area contributed by atoms with Gasteiger partial charge in [-0.2, -0.15) is 5.26 Å². The number of benzene rings is 1. The van der Waals surface area contributed by atoms with E-state index in [0.29, 0.717) is 16.1 Å². The maximum Gasteiger partial charge on any atom is 0.259 e. The first kappa shape index (κ1) is 14.8. The third-order valence-electron chi connectivity index (χ3n) is 2.72. The van der Waals surface area contributed by atoms with Gasteiger partial charge in [-0.1, -0.05) is 23.9 Å². The summed E-state index contributed by atoms with van der Waals surface area (Å²) in [6.07, 6.45) is 0. The van der Waals surface area contributed by atoms with Gasteiger partial charge in [0.2, 0.25) is 0 Å². The van der Waals surface area contributed by atoms with E-state index in [0.717, 1.165) is 11.8 Å². The van der Waals surface area contributed by atoms with E-state index in [2.05, 4.69) is 9.97 Å². The summed E-state index contributed by atoms with van der Waals surface area (Å²) in [4.78, 5) is 30.6. The molecule has 0 atom stereocenters. The second kappa shape index (κ2) is 6.24. The average molecular weight is 300 g/mol. The van der Waals surface area contributed by atoms with Crippen LogP contribution in [0.4, 0.5) is 0 Å². The molecule has 0 radical (unpaired) electrons. The molecule has 21 heavy (non-hydrogen) atoms. The van der Waals surface area contributed by atoms with E-state index in [1.807, 2.05) is 0 Å². The van der Waals surface area contributed by atoms with Gasteiger partial charge in [-0.25, -0.2) is 4.98 Å². The molecule has 3 N–H and O–H groups in total. The van der Waals surface area contributed by atoms with E-state index < -0.39 is 5.78 Å². The van der Waals surface area contributed by atoms with Crippen molar-refractivity contribution in [2.45, 2.75) is 12.1 Å². The summed E-state index contributed by atoms with van der Waals surface area (Å²) in [5.41, 5.74) is 5.88. The molecular formula is C14H12N4O2S. The number of para-hydroxylation sites is 1. The number of nitrogens with two attached hydrogens (primary N) is 1. The lowest BCUT2D eigenvalue weighted by atomic mass is 10.2. The fraction of sp³-hybridized carbons (Fsp3) is 0.143. The van der Waals surface area contributed by atoms with Gasteiger partial charge < -0.3 is 10.7 Å². The van der Waals surface area contributed by atoms with Crippen molar-refractivity contribution in [1.82, 2.24) is 9.97 Å². The van der Waals surface area contributed by atoms with Gasteiger partial charge >= 0.3 is 0 Å². The van der Waals surface area contributed by atoms with Crippen LogP contribution >= 0.6 is 11.8 Å². The zero-order chi connectivity index (χ0) is 15.4. The van der Waals surface area contributed by atoms with E-state index in [-0.39, 0.29) is 22.6 Å². The minimum Gasteiger partial charge on any atom is -0.401 e. The predicted molar refractivity (Wildman–Crippen MR) is 80.6 cm³/mol. The summed E-state index contributed by atoms with van der Waals surface area (Å²) in [6, 6.07) is 8.71. The number of nitrogens with zero attached hydrogens (tertiary/aromatic N) is 2. The smallest absolute Gasteiger partial charge is 0.259 e. The Morgan fingerprint density at radius 3 is 2.86 bits per heavy atom. The highest BCUT2D eigenvalue weighted by Gasteiger charge is 2.13. The molecule has 2 rings (SSSR count). The molecule has 0 aliphatic rings. The lowest BCUT2D eigenvalue weighted by Gasteiger charge is -2.03. The Morgan fingerprint density at radius 2 is 2.19 bits per heavy atom. The molecule has 0 aliphatic carbocycles. The number of Topliss-reactive ketones (excluding diaryl/α,β-unsaturated/α-hetero) is 1. The Morgan fingerprint density at radius 1 is 1.48 bits per heavy atom. The van der Waals surface area contributed by atoms with Crippen molar-refractivity contribution in [3.8, 4) is 6.07 Å². The van der Waals surface area contributed by atoms with Crippen molar-refractivity contribution in [3.63, 3.8) is 0 Å². The first-order valence-electron chi connectivity index (χ1n) is 6.04. The summed E-state index contributed by atoms with van der Waals surface area (Å²) >= 11 is 1.06. The monoisotopic (exact) mass is 300 g/mol. The van der Waals surface area contributed by atoms with E-state index in [4.69, 9.17) is 11.0 Å². The summed E-state index contributed by atoms with van der Waals surface area (Å²) in [6.45, 7) is 1.50. The molecule has 0 saturated heterocycles. The molecule has 1 aromatic carbocycles. The summed E-state index contributed by atoms with van der Waals surface area (Å²) in [5.74, 6) is -0.406. The van der Waals surface area contributed by atoms with Crippen LogP contribution in [-0.4, -0.2) is 21.5 Å². The van der Waals surface area contributed by atoms with Crippen LogP contribution in [0.5, 0.6) is 0 Å². The van der Waals surface area contributed by atoms with Gasteiger partial charge in [0.15, 0.2) is 10.9 Å². The van der Waals surface area contributed by atoms with Crippen molar-refractivity contribution in [1.29, 1.82) is 5.26 Å². The lowest BCUT2D eigenvalue weighted by molar-refractivity contribution is -0.112. The van der Waals surface area contributed by atoms with Crippen LogP contribution in [0.25, 0.3) is 10.9 Å². The first-order valence-corrected chi connectivity index (χ1v) is 7.03. The number of aromatic amines is 1. The third kappa shape index (κ3) is 3.30. The number of hydrogen-bond acceptors (Lipinski definition) is 6. The number of nitrogens with one attached hydrogen (secondary N) is 1. The Balaban J connectivity index is 2.22. The largest absolute Gasteiger partial charge is 0.401 e. The molecule has 2 aromatic rings. The maximum atomic E-state index is 11.9. The molecule has 0 fully saturated rings. The van der Waals surface area contributed by atoms with Gasteiger partial charge in [0.05, 0.1) is 16.7 Å². The van der Waals surface area contributed by atoms with E-state index in [9.17, 15) is 9.59 Å². The summed E-state index contributed by atoms with van der Waals surface area (Å²) in [7, 11) is 0. The topological polar surface area (TPSA) is 113 Å². The van der Waals surface area contributed by atoms with Gasteiger partial charge in [-0.3, -0.25) is 9.59 Å². The zero-order valence-corrected chi connectivity index (χ0v) is 12.0. The Hall–Kier alpha value is -2.59. The number of ketones is 1. The maximum absolute atomic E-state index is 11.9. The first-order chi connectivity index (χ1) is 10.0. The average Bonchev–Trinajstić information content (AvgIpc) is 2.45. The minimum atomic E-state index is -0.390.